The summed E-state index contributed by atoms with van der Waals surface area (Å²) in [6.07, 6.45) is 1.49. The number of benzene rings is 9. The molecule has 2 aromatic heterocycles. The summed E-state index contributed by atoms with van der Waals surface area (Å²) in [6.45, 7) is 4.79. The van der Waals surface area contributed by atoms with Crippen LogP contribution in [0.25, 0.3) is 99.4 Å². The summed E-state index contributed by atoms with van der Waals surface area (Å²) in [5.41, 5.74) is 2.25. The normalized spacial score (nSPS) is 11.5. The minimum Gasteiger partial charge on any atom is -0.508 e. The number of phenols is 3. The second-order valence-corrected chi connectivity index (χ2v) is 16.4. The number of hydrogen-bond acceptors (Lipinski definition) is 12. The Kier molecular flexibility index (Phi) is 10.7. The molecule has 0 amide bonds. The van der Waals surface area contributed by atoms with Crippen molar-refractivity contribution in [1.29, 1.82) is 0 Å². The number of hydrogen-bond donors (Lipinski definition) is 3. The van der Waals surface area contributed by atoms with E-state index in [1.807, 2.05) is 68.4 Å². The zero-order valence-electron chi connectivity index (χ0n) is 37.0. The lowest BCUT2D eigenvalue weighted by Gasteiger charge is -2.15. The van der Waals surface area contributed by atoms with Gasteiger partial charge in [-0.1, -0.05) is 98.8 Å². The minimum absolute atomic E-state index is 0.0877. The van der Waals surface area contributed by atoms with E-state index in [1.54, 1.807) is 24.3 Å². The van der Waals surface area contributed by atoms with Gasteiger partial charge in [0.05, 0.1) is 24.3 Å². The van der Waals surface area contributed by atoms with Gasteiger partial charge >= 0.3 is 12.0 Å². The van der Waals surface area contributed by atoms with Crippen LogP contribution in [0.2, 0.25) is 0 Å². The van der Waals surface area contributed by atoms with Crippen molar-refractivity contribution < 1.29 is 29.5 Å². The lowest BCUT2D eigenvalue weighted by atomic mass is 9.93. The molecule has 0 aliphatic rings. The van der Waals surface area contributed by atoms with Gasteiger partial charge in [-0.05, 0) is 121 Å². The molecule has 0 spiro atoms. The third kappa shape index (κ3) is 7.77. The van der Waals surface area contributed by atoms with Gasteiger partial charge in [0.2, 0.25) is 0 Å². The van der Waals surface area contributed by atoms with Crippen LogP contribution in [-0.2, 0) is 0 Å². The summed E-state index contributed by atoms with van der Waals surface area (Å²) in [7, 11) is 0. The van der Waals surface area contributed by atoms with E-state index in [2.05, 4.69) is 70.6 Å². The van der Waals surface area contributed by atoms with Gasteiger partial charge in [0.25, 0.3) is 0 Å². The molecule has 3 N–H and O–H groups in total. The van der Waals surface area contributed by atoms with E-state index >= 15 is 0 Å². The van der Waals surface area contributed by atoms with Gasteiger partial charge in [-0.2, -0.15) is 19.9 Å². The Balaban J connectivity index is 1.01. The molecule has 2 heterocycles. The zero-order valence-corrected chi connectivity index (χ0v) is 37.0. The molecule has 12 heteroatoms. The van der Waals surface area contributed by atoms with E-state index in [-0.39, 0.29) is 40.9 Å². The van der Waals surface area contributed by atoms with Crippen LogP contribution < -0.4 is 14.2 Å². The minimum atomic E-state index is -0.183. The Hall–Kier alpha value is -8.90. The predicted octanol–water partition coefficient (Wildman–Crippen LogP) is 13.0. The molecule has 9 aromatic carbocycles. The molecule has 0 atom stereocenters. The van der Waals surface area contributed by atoms with Crippen LogP contribution in [0.1, 0.15) is 26.7 Å². The Labute approximate surface area is 389 Å². The average molecular weight is 895 g/mol. The molecule has 332 valence electrons. The molecule has 0 saturated heterocycles. The summed E-state index contributed by atoms with van der Waals surface area (Å²) in [6, 6.07) is 48.3. The Morgan fingerprint density at radius 3 is 1.54 bits per heavy atom. The van der Waals surface area contributed by atoms with E-state index < -0.39 is 0 Å². The maximum absolute atomic E-state index is 11.7. The molecule has 0 unspecified atom stereocenters. The van der Waals surface area contributed by atoms with Crippen molar-refractivity contribution in [2.45, 2.75) is 26.7 Å². The number of ether oxygens (including phenoxy) is 3. The maximum atomic E-state index is 11.7. The lowest BCUT2D eigenvalue weighted by molar-refractivity contribution is 0.292. The average Bonchev–Trinajstić information content (AvgIpc) is 3.36. The smallest absolute Gasteiger partial charge is 0.320 e. The molecule has 0 radical (unpaired) electrons. The number of aromatic nitrogens is 6. The second-order valence-electron chi connectivity index (χ2n) is 16.4. The van der Waals surface area contributed by atoms with Crippen molar-refractivity contribution in [3.63, 3.8) is 0 Å². The van der Waals surface area contributed by atoms with Gasteiger partial charge in [0.1, 0.15) is 28.7 Å². The van der Waals surface area contributed by atoms with Crippen molar-refractivity contribution in [3.8, 4) is 86.3 Å². The van der Waals surface area contributed by atoms with Gasteiger partial charge in [-0.3, -0.25) is 0 Å². The summed E-state index contributed by atoms with van der Waals surface area (Å²) in [5, 5.41) is 42.4. The van der Waals surface area contributed by atoms with Gasteiger partial charge < -0.3 is 29.5 Å². The van der Waals surface area contributed by atoms with Crippen molar-refractivity contribution >= 4 is 53.9 Å². The van der Waals surface area contributed by atoms with Crippen LogP contribution in [0.15, 0.2) is 152 Å². The molecule has 12 nitrogen and oxygen atoms in total. The lowest BCUT2D eigenvalue weighted by Crippen LogP contribution is -2.05. The highest BCUT2D eigenvalue weighted by atomic mass is 16.5. The van der Waals surface area contributed by atoms with Crippen molar-refractivity contribution in [3.05, 3.63) is 152 Å². The summed E-state index contributed by atoms with van der Waals surface area (Å²) >= 11 is 0. The Morgan fingerprint density at radius 2 is 0.897 bits per heavy atom. The number of aromatic hydroxyl groups is 3. The fraction of sp³-hybridized carbons (Fsp3) is 0.107. The standard InChI is InChI=1S/C56H42N6O6/c1-3-25-66-55-59-51(43-22-18-35(63)28-48(43)64)57-53(61-55)47-31-46-38-14-8-5-11-32(38)17-21-41(46)45-29-36(19-23-42(45)47)68-37-20-24-44(49(65)30-37)52-58-54(62-56(60-52)67-26-4-2)50-39-15-9-6-12-33(39)27-34-13-7-10-16-40(34)50/h5-24,27-31,63-65H,3-4,25-26H2,1-2H3. The van der Waals surface area contributed by atoms with Gasteiger partial charge in [0, 0.05) is 23.3 Å². The van der Waals surface area contributed by atoms with Crippen molar-refractivity contribution in [1.82, 2.24) is 29.9 Å². The van der Waals surface area contributed by atoms with Crippen LogP contribution in [-0.4, -0.2) is 58.4 Å². The first-order valence-electron chi connectivity index (χ1n) is 22.4. The molecular weight excluding hydrogens is 853 g/mol. The van der Waals surface area contributed by atoms with E-state index in [0.29, 0.717) is 53.1 Å². The fourth-order valence-corrected chi connectivity index (χ4v) is 8.70. The van der Waals surface area contributed by atoms with Crippen molar-refractivity contribution in [2.24, 2.45) is 0 Å². The quantitative estimate of drug-likeness (QED) is 0.0786. The number of fused-ring (bicyclic) bond motifs is 7. The SMILES string of the molecule is CCCOc1nc(-c2ccc(Oc3ccc4c(-c5nc(OCCC)nc(-c6ccc(O)cc6O)n5)cc5c6ccccc6ccc5c4c3)cc2O)nc(-c2c3ccccc3cc3ccccc23)n1. The highest BCUT2D eigenvalue weighted by Gasteiger charge is 2.21. The highest BCUT2D eigenvalue weighted by Crippen LogP contribution is 2.42. The third-order valence-electron chi connectivity index (χ3n) is 11.8. The van der Waals surface area contributed by atoms with Crippen LogP contribution in [0.3, 0.4) is 0 Å². The monoisotopic (exact) mass is 894 g/mol. The molecule has 11 rings (SSSR count). The molecule has 0 saturated carbocycles. The summed E-state index contributed by atoms with van der Waals surface area (Å²) in [4.78, 5) is 28.7. The van der Waals surface area contributed by atoms with E-state index in [1.165, 1.54) is 12.1 Å². The Morgan fingerprint density at radius 1 is 0.382 bits per heavy atom. The third-order valence-corrected chi connectivity index (χ3v) is 11.8. The predicted molar refractivity (Wildman–Crippen MR) is 266 cm³/mol. The van der Waals surface area contributed by atoms with Gasteiger partial charge in [-0.25, -0.2) is 9.97 Å². The van der Waals surface area contributed by atoms with Crippen LogP contribution in [0.5, 0.6) is 40.8 Å². The zero-order chi connectivity index (χ0) is 46.3. The topological polar surface area (TPSA) is 166 Å². The van der Waals surface area contributed by atoms with E-state index in [4.69, 9.17) is 34.1 Å². The molecule has 11 aromatic rings. The largest absolute Gasteiger partial charge is 0.508 e. The highest BCUT2D eigenvalue weighted by molar-refractivity contribution is 6.21. The molecular formula is C56H42N6O6. The van der Waals surface area contributed by atoms with Gasteiger partial charge in [-0.15, -0.1) is 0 Å². The number of phenolic OH excluding ortho intramolecular Hbond substituents is 3. The molecule has 68 heavy (non-hydrogen) atoms. The molecule has 0 aliphatic heterocycles. The number of rotatable bonds is 12. The number of nitrogens with zero attached hydrogens (tertiary/aromatic N) is 6. The first-order valence-corrected chi connectivity index (χ1v) is 22.4. The van der Waals surface area contributed by atoms with Crippen molar-refractivity contribution in [2.75, 3.05) is 13.2 Å². The fourth-order valence-electron chi connectivity index (χ4n) is 8.70. The van der Waals surface area contributed by atoms with Crippen LogP contribution >= 0.6 is 0 Å². The first-order chi connectivity index (χ1) is 33.3. The molecule has 0 fully saturated rings. The van der Waals surface area contributed by atoms with Crippen LogP contribution in [0.4, 0.5) is 0 Å². The molecule has 0 aliphatic carbocycles. The Bertz CT molecular complexity index is 3720. The van der Waals surface area contributed by atoms with Crippen LogP contribution in [0, 0.1) is 0 Å². The maximum Gasteiger partial charge on any atom is 0.320 e. The second kappa shape index (κ2) is 17.5. The van der Waals surface area contributed by atoms with E-state index in [9.17, 15) is 15.3 Å². The summed E-state index contributed by atoms with van der Waals surface area (Å²) < 4.78 is 18.5. The van der Waals surface area contributed by atoms with E-state index in [0.717, 1.165) is 72.3 Å². The first kappa shape index (κ1) is 41.8. The van der Waals surface area contributed by atoms with Gasteiger partial charge in [0.15, 0.2) is 23.3 Å². The molecule has 0 bridgehead atoms. The summed E-state index contributed by atoms with van der Waals surface area (Å²) in [5.74, 6) is 1.76.